The lowest BCUT2D eigenvalue weighted by Crippen LogP contribution is -2.31. The Hall–Kier alpha value is -2.10. The molecule has 1 N–H and O–H groups in total. The van der Waals surface area contributed by atoms with Crippen LogP contribution in [0.3, 0.4) is 0 Å². The maximum absolute atomic E-state index is 11.7. The molecule has 4 heteroatoms. The van der Waals surface area contributed by atoms with Gasteiger partial charge in [-0.25, -0.2) is 4.79 Å². The summed E-state index contributed by atoms with van der Waals surface area (Å²) in [6, 6.07) is 9.37. The van der Waals surface area contributed by atoms with E-state index in [9.17, 15) is 14.7 Å². The molecule has 4 nitrogen and oxygen atoms in total. The van der Waals surface area contributed by atoms with Gasteiger partial charge in [0.1, 0.15) is 6.10 Å². The standard InChI is InChI=1S/C17H22O4/c1-12(2)11-15(17(19)20)13(3)21-16(18)10-9-14-7-5-4-6-8-14/h4-10,12-13,15H,11H2,1-3H3,(H,19,20). The van der Waals surface area contributed by atoms with Gasteiger partial charge in [0.05, 0.1) is 5.92 Å². The van der Waals surface area contributed by atoms with Crippen LogP contribution in [0.15, 0.2) is 36.4 Å². The van der Waals surface area contributed by atoms with Crippen molar-refractivity contribution in [3.05, 3.63) is 42.0 Å². The van der Waals surface area contributed by atoms with Crippen LogP contribution in [0.1, 0.15) is 32.8 Å². The Bertz CT molecular complexity index is 491. The molecule has 0 radical (unpaired) electrons. The first-order valence-corrected chi connectivity index (χ1v) is 7.06. The number of benzene rings is 1. The lowest BCUT2D eigenvalue weighted by molar-refractivity contribution is -0.154. The van der Waals surface area contributed by atoms with Gasteiger partial charge in [-0.15, -0.1) is 0 Å². The molecule has 0 aliphatic rings. The van der Waals surface area contributed by atoms with Crippen molar-refractivity contribution in [2.75, 3.05) is 0 Å². The van der Waals surface area contributed by atoms with E-state index in [0.717, 1.165) is 5.56 Å². The Morgan fingerprint density at radius 3 is 2.33 bits per heavy atom. The smallest absolute Gasteiger partial charge is 0.331 e. The van der Waals surface area contributed by atoms with Gasteiger partial charge >= 0.3 is 11.9 Å². The van der Waals surface area contributed by atoms with E-state index in [4.69, 9.17) is 4.74 Å². The van der Waals surface area contributed by atoms with Gasteiger partial charge in [-0.3, -0.25) is 4.79 Å². The zero-order valence-electron chi connectivity index (χ0n) is 12.7. The molecule has 21 heavy (non-hydrogen) atoms. The number of carbonyl (C=O) groups is 2. The molecule has 0 aliphatic heterocycles. The monoisotopic (exact) mass is 290 g/mol. The second kappa shape index (κ2) is 8.25. The summed E-state index contributed by atoms with van der Waals surface area (Å²) in [7, 11) is 0. The summed E-state index contributed by atoms with van der Waals surface area (Å²) in [5.41, 5.74) is 0.888. The third-order valence-corrected chi connectivity index (χ3v) is 3.12. The Balaban J connectivity index is 2.60. The third-order valence-electron chi connectivity index (χ3n) is 3.12. The highest BCUT2D eigenvalue weighted by molar-refractivity contribution is 5.87. The topological polar surface area (TPSA) is 63.6 Å². The molecule has 0 spiro atoms. The molecule has 1 aromatic rings. The van der Waals surface area contributed by atoms with Gasteiger partial charge in [-0.2, -0.15) is 0 Å². The molecule has 0 saturated carbocycles. The molecule has 1 aromatic carbocycles. The maximum Gasteiger partial charge on any atom is 0.331 e. The summed E-state index contributed by atoms with van der Waals surface area (Å²) < 4.78 is 5.19. The van der Waals surface area contributed by atoms with E-state index in [2.05, 4.69) is 0 Å². The van der Waals surface area contributed by atoms with Gasteiger partial charge in [0.2, 0.25) is 0 Å². The number of aliphatic carboxylic acids is 1. The van der Waals surface area contributed by atoms with E-state index in [0.29, 0.717) is 6.42 Å². The van der Waals surface area contributed by atoms with Gasteiger partial charge in [0.15, 0.2) is 0 Å². The van der Waals surface area contributed by atoms with Crippen molar-refractivity contribution < 1.29 is 19.4 Å². The van der Waals surface area contributed by atoms with E-state index >= 15 is 0 Å². The molecule has 0 fully saturated rings. The van der Waals surface area contributed by atoms with Crippen LogP contribution in [-0.2, 0) is 14.3 Å². The van der Waals surface area contributed by atoms with Crippen LogP contribution in [0.25, 0.3) is 6.08 Å². The van der Waals surface area contributed by atoms with E-state index in [1.54, 1.807) is 13.0 Å². The minimum absolute atomic E-state index is 0.229. The molecular formula is C17H22O4. The number of carboxylic acid groups (broad SMARTS) is 1. The molecular weight excluding hydrogens is 268 g/mol. The molecule has 0 bridgehead atoms. The van der Waals surface area contributed by atoms with Crippen molar-refractivity contribution in [2.24, 2.45) is 11.8 Å². The highest BCUT2D eigenvalue weighted by Crippen LogP contribution is 2.18. The number of esters is 1. The van der Waals surface area contributed by atoms with Gasteiger partial charge < -0.3 is 9.84 Å². The lowest BCUT2D eigenvalue weighted by Gasteiger charge is -2.21. The van der Waals surface area contributed by atoms with Crippen molar-refractivity contribution >= 4 is 18.0 Å². The molecule has 0 amide bonds. The Kier molecular flexibility index (Phi) is 6.66. The fraction of sp³-hybridized carbons (Fsp3) is 0.412. The van der Waals surface area contributed by atoms with Crippen molar-refractivity contribution in [3.63, 3.8) is 0 Å². The first-order valence-electron chi connectivity index (χ1n) is 7.06. The van der Waals surface area contributed by atoms with Crippen molar-refractivity contribution in [1.29, 1.82) is 0 Å². The first-order chi connectivity index (χ1) is 9.90. The molecule has 114 valence electrons. The van der Waals surface area contributed by atoms with Crippen LogP contribution in [0.4, 0.5) is 0 Å². The largest absolute Gasteiger partial charge is 0.481 e. The summed E-state index contributed by atoms with van der Waals surface area (Å²) >= 11 is 0. The minimum Gasteiger partial charge on any atom is -0.481 e. The maximum atomic E-state index is 11.7. The van der Waals surface area contributed by atoms with Gasteiger partial charge in [0, 0.05) is 6.08 Å². The molecule has 2 unspecified atom stereocenters. The molecule has 0 heterocycles. The second-order valence-corrected chi connectivity index (χ2v) is 5.46. The summed E-state index contributed by atoms with van der Waals surface area (Å²) in [6.45, 7) is 5.51. The van der Waals surface area contributed by atoms with Gasteiger partial charge in [-0.05, 0) is 30.9 Å². The van der Waals surface area contributed by atoms with Crippen LogP contribution in [0.5, 0.6) is 0 Å². The van der Waals surface area contributed by atoms with Crippen LogP contribution in [0, 0.1) is 11.8 Å². The fourth-order valence-corrected chi connectivity index (χ4v) is 2.03. The van der Waals surface area contributed by atoms with Crippen LogP contribution in [0.2, 0.25) is 0 Å². The predicted molar refractivity (Wildman–Crippen MR) is 81.6 cm³/mol. The Morgan fingerprint density at radius 1 is 1.19 bits per heavy atom. The second-order valence-electron chi connectivity index (χ2n) is 5.46. The van der Waals surface area contributed by atoms with E-state index in [1.807, 2.05) is 44.2 Å². The van der Waals surface area contributed by atoms with E-state index in [-0.39, 0.29) is 5.92 Å². The fourth-order valence-electron chi connectivity index (χ4n) is 2.03. The number of hydrogen-bond donors (Lipinski definition) is 1. The SMILES string of the molecule is CC(C)CC(C(=O)O)C(C)OC(=O)C=Cc1ccccc1. The average Bonchev–Trinajstić information content (AvgIpc) is 2.43. The number of carboxylic acids is 1. The van der Waals surface area contributed by atoms with Gasteiger partial charge in [-0.1, -0.05) is 44.2 Å². The highest BCUT2D eigenvalue weighted by atomic mass is 16.5. The zero-order valence-corrected chi connectivity index (χ0v) is 12.7. The summed E-state index contributed by atoms with van der Waals surface area (Å²) in [5, 5.41) is 9.20. The Labute approximate surface area is 125 Å². The highest BCUT2D eigenvalue weighted by Gasteiger charge is 2.27. The minimum atomic E-state index is -0.934. The van der Waals surface area contributed by atoms with Gasteiger partial charge in [0.25, 0.3) is 0 Å². The third kappa shape index (κ3) is 6.25. The molecule has 0 aromatic heterocycles. The summed E-state index contributed by atoms with van der Waals surface area (Å²) in [4.78, 5) is 23.0. The predicted octanol–water partition coefficient (Wildman–Crippen LogP) is 3.38. The summed E-state index contributed by atoms with van der Waals surface area (Å²) in [5.74, 6) is -1.91. The Morgan fingerprint density at radius 2 is 1.81 bits per heavy atom. The van der Waals surface area contributed by atoms with Crippen molar-refractivity contribution in [1.82, 2.24) is 0 Å². The zero-order chi connectivity index (χ0) is 15.8. The normalized spacial score (nSPS) is 14.1. The van der Waals surface area contributed by atoms with E-state index < -0.39 is 24.0 Å². The molecule has 0 saturated heterocycles. The van der Waals surface area contributed by atoms with E-state index in [1.165, 1.54) is 6.08 Å². The van der Waals surface area contributed by atoms with Crippen LogP contribution in [-0.4, -0.2) is 23.1 Å². The average molecular weight is 290 g/mol. The van der Waals surface area contributed by atoms with Crippen molar-refractivity contribution in [2.45, 2.75) is 33.3 Å². The quantitative estimate of drug-likeness (QED) is 0.617. The first kappa shape index (κ1) is 17.0. The van der Waals surface area contributed by atoms with Crippen LogP contribution >= 0.6 is 0 Å². The number of ether oxygens (including phenoxy) is 1. The number of carbonyl (C=O) groups excluding carboxylic acids is 1. The van der Waals surface area contributed by atoms with Crippen LogP contribution < -0.4 is 0 Å². The number of hydrogen-bond acceptors (Lipinski definition) is 3. The molecule has 2 atom stereocenters. The van der Waals surface area contributed by atoms with Crippen molar-refractivity contribution in [3.8, 4) is 0 Å². The number of rotatable bonds is 7. The molecule has 0 aliphatic carbocycles. The lowest BCUT2D eigenvalue weighted by atomic mass is 9.93. The summed E-state index contributed by atoms with van der Waals surface area (Å²) in [6.07, 6.45) is 2.79. The molecule has 1 rings (SSSR count).